The van der Waals surface area contributed by atoms with Gasteiger partial charge in [0.15, 0.2) is 0 Å². The van der Waals surface area contributed by atoms with Crippen molar-refractivity contribution in [1.29, 1.82) is 0 Å². The van der Waals surface area contributed by atoms with E-state index in [9.17, 15) is 0 Å². The first kappa shape index (κ1) is 11.7. The molecule has 0 atom stereocenters. The third-order valence-corrected chi connectivity index (χ3v) is 4.36. The molecule has 2 rings (SSSR count). The number of aryl methyl sites for hydroxylation is 1. The third-order valence-electron chi connectivity index (χ3n) is 4.36. The van der Waals surface area contributed by atoms with Crippen LogP contribution in [0.4, 0.5) is 0 Å². The Balaban J connectivity index is 2.02. The molecular weight excluding hydrogens is 194 g/mol. The van der Waals surface area contributed by atoms with Crippen LogP contribution >= 0.6 is 0 Å². The monoisotopic (exact) mass is 217 g/mol. The summed E-state index contributed by atoms with van der Waals surface area (Å²) in [5.74, 6) is 0. The van der Waals surface area contributed by atoms with Gasteiger partial charge in [-0.2, -0.15) is 0 Å². The van der Waals surface area contributed by atoms with Crippen molar-refractivity contribution in [2.75, 3.05) is 0 Å². The fourth-order valence-electron chi connectivity index (χ4n) is 2.54. The van der Waals surface area contributed by atoms with E-state index in [0.29, 0.717) is 5.54 Å². The highest BCUT2D eigenvalue weighted by molar-refractivity contribution is 5.33. The minimum absolute atomic E-state index is 0.455. The highest BCUT2D eigenvalue weighted by Crippen LogP contribution is 2.35. The summed E-state index contributed by atoms with van der Waals surface area (Å²) in [6, 6.07) is 6.61. The van der Waals surface area contributed by atoms with E-state index in [0.717, 1.165) is 6.54 Å². The van der Waals surface area contributed by atoms with Crippen LogP contribution in [-0.4, -0.2) is 5.54 Å². The first-order chi connectivity index (χ1) is 7.67. The first-order valence-electron chi connectivity index (χ1n) is 6.47. The Bertz CT molecular complexity index is 358. The first-order valence-corrected chi connectivity index (χ1v) is 6.47. The Hall–Kier alpha value is -0.820. The largest absolute Gasteiger partial charge is 0.307 e. The molecule has 1 aliphatic carbocycles. The summed E-state index contributed by atoms with van der Waals surface area (Å²) in [7, 11) is 0. The van der Waals surface area contributed by atoms with Crippen molar-refractivity contribution in [3.63, 3.8) is 0 Å². The van der Waals surface area contributed by atoms with Crippen molar-refractivity contribution >= 4 is 0 Å². The maximum Gasteiger partial charge on any atom is 0.0213 e. The van der Waals surface area contributed by atoms with Crippen molar-refractivity contribution in [2.24, 2.45) is 0 Å². The molecule has 0 unspecified atom stereocenters. The van der Waals surface area contributed by atoms with Crippen LogP contribution in [0.3, 0.4) is 0 Å². The molecule has 1 aliphatic rings. The zero-order valence-electron chi connectivity index (χ0n) is 10.8. The average Bonchev–Trinajstić information content (AvgIpc) is 2.23. The lowest BCUT2D eigenvalue weighted by molar-refractivity contribution is 0.175. The molecule has 0 saturated heterocycles. The van der Waals surface area contributed by atoms with Gasteiger partial charge in [-0.25, -0.2) is 0 Å². The van der Waals surface area contributed by atoms with Gasteiger partial charge in [0, 0.05) is 12.1 Å². The SMILES string of the molecule is CCC1(NCc2cccc(C)c2C)CCC1. The van der Waals surface area contributed by atoms with Crippen molar-refractivity contribution in [1.82, 2.24) is 5.32 Å². The second-order valence-electron chi connectivity index (χ2n) is 5.20. The van der Waals surface area contributed by atoms with Gasteiger partial charge in [-0.3, -0.25) is 0 Å². The summed E-state index contributed by atoms with van der Waals surface area (Å²) >= 11 is 0. The smallest absolute Gasteiger partial charge is 0.0213 e. The van der Waals surface area contributed by atoms with Gasteiger partial charge in [-0.15, -0.1) is 0 Å². The molecule has 1 nitrogen and oxygen atoms in total. The van der Waals surface area contributed by atoms with Gasteiger partial charge in [0.25, 0.3) is 0 Å². The molecule has 0 heterocycles. The van der Waals surface area contributed by atoms with Gasteiger partial charge in [-0.1, -0.05) is 25.1 Å². The molecule has 1 fully saturated rings. The quantitative estimate of drug-likeness (QED) is 0.810. The highest BCUT2D eigenvalue weighted by atomic mass is 15.0. The fourth-order valence-corrected chi connectivity index (χ4v) is 2.54. The van der Waals surface area contributed by atoms with Crippen LogP contribution in [-0.2, 0) is 6.54 Å². The van der Waals surface area contributed by atoms with Gasteiger partial charge < -0.3 is 5.32 Å². The van der Waals surface area contributed by atoms with E-state index in [-0.39, 0.29) is 0 Å². The van der Waals surface area contributed by atoms with Gasteiger partial charge in [0.05, 0.1) is 0 Å². The second kappa shape index (κ2) is 4.58. The molecule has 0 bridgehead atoms. The molecule has 1 heteroatoms. The van der Waals surface area contributed by atoms with E-state index in [2.05, 4.69) is 44.3 Å². The molecule has 1 N–H and O–H groups in total. The average molecular weight is 217 g/mol. The second-order valence-corrected chi connectivity index (χ2v) is 5.20. The van der Waals surface area contributed by atoms with E-state index in [1.54, 1.807) is 0 Å². The van der Waals surface area contributed by atoms with Crippen LogP contribution in [0, 0.1) is 13.8 Å². The van der Waals surface area contributed by atoms with Gasteiger partial charge in [0.1, 0.15) is 0 Å². The topological polar surface area (TPSA) is 12.0 Å². The van der Waals surface area contributed by atoms with E-state index < -0.39 is 0 Å². The van der Waals surface area contributed by atoms with E-state index >= 15 is 0 Å². The summed E-state index contributed by atoms with van der Waals surface area (Å²) in [5, 5.41) is 3.77. The zero-order chi connectivity index (χ0) is 11.6. The minimum atomic E-state index is 0.455. The molecule has 1 aromatic rings. The van der Waals surface area contributed by atoms with E-state index in [1.807, 2.05) is 0 Å². The van der Waals surface area contributed by atoms with Crippen molar-refractivity contribution in [3.05, 3.63) is 34.9 Å². The van der Waals surface area contributed by atoms with Crippen molar-refractivity contribution in [3.8, 4) is 0 Å². The van der Waals surface area contributed by atoms with Crippen LogP contribution in [0.25, 0.3) is 0 Å². The van der Waals surface area contributed by atoms with Crippen LogP contribution < -0.4 is 5.32 Å². The number of rotatable bonds is 4. The van der Waals surface area contributed by atoms with Crippen LogP contribution in [0.5, 0.6) is 0 Å². The van der Waals surface area contributed by atoms with Gasteiger partial charge in [-0.05, 0) is 56.2 Å². The maximum absolute atomic E-state index is 3.77. The van der Waals surface area contributed by atoms with Gasteiger partial charge >= 0.3 is 0 Å². The summed E-state index contributed by atoms with van der Waals surface area (Å²) in [4.78, 5) is 0. The van der Waals surface area contributed by atoms with Crippen molar-refractivity contribution in [2.45, 2.75) is 58.5 Å². The Labute approximate surface area is 99.3 Å². The predicted molar refractivity (Wildman–Crippen MR) is 69.6 cm³/mol. The summed E-state index contributed by atoms with van der Waals surface area (Å²) < 4.78 is 0. The summed E-state index contributed by atoms with van der Waals surface area (Å²) in [6.45, 7) is 7.75. The molecule has 0 aromatic heterocycles. The lowest BCUT2D eigenvalue weighted by Crippen LogP contribution is -2.49. The molecular formula is C15H23N. The van der Waals surface area contributed by atoms with Crippen LogP contribution in [0.2, 0.25) is 0 Å². The maximum atomic E-state index is 3.77. The molecule has 0 aliphatic heterocycles. The normalized spacial score (nSPS) is 18.2. The third kappa shape index (κ3) is 2.15. The summed E-state index contributed by atoms with van der Waals surface area (Å²) in [6.07, 6.45) is 5.37. The van der Waals surface area contributed by atoms with Crippen LogP contribution in [0.1, 0.15) is 49.3 Å². The Morgan fingerprint density at radius 1 is 1.25 bits per heavy atom. The number of nitrogens with one attached hydrogen (secondary N) is 1. The lowest BCUT2D eigenvalue weighted by atomic mass is 9.74. The molecule has 16 heavy (non-hydrogen) atoms. The number of hydrogen-bond donors (Lipinski definition) is 1. The lowest BCUT2D eigenvalue weighted by Gasteiger charge is -2.42. The molecule has 88 valence electrons. The minimum Gasteiger partial charge on any atom is -0.307 e. The Kier molecular flexibility index (Phi) is 3.34. The van der Waals surface area contributed by atoms with Crippen molar-refractivity contribution < 1.29 is 0 Å². The van der Waals surface area contributed by atoms with Crippen LogP contribution in [0.15, 0.2) is 18.2 Å². The van der Waals surface area contributed by atoms with E-state index in [4.69, 9.17) is 0 Å². The highest BCUT2D eigenvalue weighted by Gasteiger charge is 2.34. The number of hydrogen-bond acceptors (Lipinski definition) is 1. The molecule has 1 saturated carbocycles. The standard InChI is InChI=1S/C15H23N/c1-4-15(9-6-10-15)16-11-14-8-5-7-12(2)13(14)3/h5,7-8,16H,4,6,9-11H2,1-3H3. The molecule has 1 aromatic carbocycles. The molecule has 0 amide bonds. The number of benzene rings is 1. The van der Waals surface area contributed by atoms with Gasteiger partial charge in [0.2, 0.25) is 0 Å². The molecule has 0 radical (unpaired) electrons. The summed E-state index contributed by atoms with van der Waals surface area (Å²) in [5.41, 5.74) is 4.76. The Morgan fingerprint density at radius 3 is 2.56 bits per heavy atom. The molecule has 0 spiro atoms. The fraction of sp³-hybridized carbons (Fsp3) is 0.600. The Morgan fingerprint density at radius 2 is 2.00 bits per heavy atom. The predicted octanol–water partition coefficient (Wildman–Crippen LogP) is 3.73. The zero-order valence-corrected chi connectivity index (χ0v) is 10.8. The van der Waals surface area contributed by atoms with E-state index in [1.165, 1.54) is 42.4 Å².